The first kappa shape index (κ1) is 19.3. The lowest BCUT2D eigenvalue weighted by molar-refractivity contribution is 0.599. The van der Waals surface area contributed by atoms with Gasteiger partial charge in [0.05, 0.1) is 5.75 Å². The Morgan fingerprint density at radius 3 is 2.35 bits per heavy atom. The van der Waals surface area contributed by atoms with Gasteiger partial charge in [-0.1, -0.05) is 0 Å². The largest absolute Gasteiger partial charge is 0.357 e. The van der Waals surface area contributed by atoms with Crippen LogP contribution in [0.1, 0.15) is 27.2 Å². The Morgan fingerprint density at radius 2 is 1.94 bits per heavy atom. The van der Waals surface area contributed by atoms with E-state index >= 15 is 0 Å². The Kier molecular flexibility index (Phi) is 11.3. The van der Waals surface area contributed by atoms with E-state index in [9.17, 15) is 8.42 Å². The summed E-state index contributed by atoms with van der Waals surface area (Å²) in [5, 5.41) is 6.27. The molecule has 0 rings (SSSR count). The third-order valence-electron chi connectivity index (χ3n) is 1.71. The summed E-state index contributed by atoms with van der Waals surface area (Å²) in [7, 11) is -2.87. The second-order valence-electron chi connectivity index (χ2n) is 4.04. The van der Waals surface area contributed by atoms with Gasteiger partial charge in [-0.3, -0.25) is 4.99 Å². The van der Waals surface area contributed by atoms with Gasteiger partial charge >= 0.3 is 0 Å². The maximum atomic E-state index is 10.9. The van der Waals surface area contributed by atoms with E-state index in [1.807, 2.05) is 20.8 Å². The van der Waals surface area contributed by atoms with Crippen molar-refractivity contribution in [2.45, 2.75) is 33.2 Å². The van der Waals surface area contributed by atoms with Crippen LogP contribution in [0, 0.1) is 0 Å². The van der Waals surface area contributed by atoms with Gasteiger partial charge in [0, 0.05) is 25.4 Å². The van der Waals surface area contributed by atoms with Crippen LogP contribution in [0.2, 0.25) is 0 Å². The summed E-state index contributed by atoms with van der Waals surface area (Å²) >= 11 is 0. The van der Waals surface area contributed by atoms with Crippen LogP contribution in [-0.2, 0) is 9.84 Å². The van der Waals surface area contributed by atoms with E-state index in [4.69, 9.17) is 0 Å². The summed E-state index contributed by atoms with van der Waals surface area (Å²) in [6, 6.07) is 0.313. The Bertz CT molecular complexity index is 316. The third kappa shape index (κ3) is 13.9. The zero-order valence-corrected chi connectivity index (χ0v) is 14.1. The van der Waals surface area contributed by atoms with Crippen LogP contribution < -0.4 is 10.6 Å². The van der Waals surface area contributed by atoms with Crippen molar-refractivity contribution in [3.63, 3.8) is 0 Å². The molecule has 5 nitrogen and oxygen atoms in total. The summed E-state index contributed by atoms with van der Waals surface area (Å²) in [5.74, 6) is 0.934. The molecule has 17 heavy (non-hydrogen) atoms. The summed E-state index contributed by atoms with van der Waals surface area (Å²) in [6.07, 6.45) is 1.81. The summed E-state index contributed by atoms with van der Waals surface area (Å²) in [4.78, 5) is 4.29. The quantitative estimate of drug-likeness (QED) is 0.314. The zero-order chi connectivity index (χ0) is 12.6. The van der Waals surface area contributed by atoms with Crippen molar-refractivity contribution in [1.29, 1.82) is 0 Å². The normalized spacial score (nSPS) is 12.2. The number of nitrogens with zero attached hydrogens (tertiary/aromatic N) is 1. The van der Waals surface area contributed by atoms with Gasteiger partial charge in [-0.2, -0.15) is 0 Å². The number of guanidine groups is 1. The highest BCUT2D eigenvalue weighted by molar-refractivity contribution is 14.0. The van der Waals surface area contributed by atoms with Crippen LogP contribution in [0.15, 0.2) is 4.99 Å². The van der Waals surface area contributed by atoms with Crippen molar-refractivity contribution in [2.24, 2.45) is 4.99 Å². The van der Waals surface area contributed by atoms with E-state index in [-0.39, 0.29) is 29.7 Å². The number of aliphatic imine (C=N–C) groups is 1. The minimum atomic E-state index is -2.87. The molecule has 0 saturated heterocycles. The molecule has 7 heteroatoms. The van der Waals surface area contributed by atoms with Gasteiger partial charge in [-0.15, -0.1) is 24.0 Å². The topological polar surface area (TPSA) is 70.6 Å². The summed E-state index contributed by atoms with van der Waals surface area (Å²) in [6.45, 7) is 7.38. The maximum Gasteiger partial charge on any atom is 0.191 e. The Morgan fingerprint density at radius 1 is 1.35 bits per heavy atom. The molecular weight excluding hydrogens is 353 g/mol. The molecule has 0 aromatic carbocycles. The number of nitrogens with one attached hydrogen (secondary N) is 2. The first-order chi connectivity index (χ1) is 7.35. The Balaban J connectivity index is 0. The van der Waals surface area contributed by atoms with E-state index in [2.05, 4.69) is 15.6 Å². The molecular formula is C10H24IN3O2S. The fourth-order valence-corrected chi connectivity index (χ4v) is 1.76. The lowest BCUT2D eigenvalue weighted by Gasteiger charge is -2.13. The molecule has 0 fully saturated rings. The first-order valence-electron chi connectivity index (χ1n) is 5.57. The number of sulfone groups is 1. The van der Waals surface area contributed by atoms with Crippen LogP contribution >= 0.6 is 24.0 Å². The molecule has 0 aromatic heterocycles. The second-order valence-corrected chi connectivity index (χ2v) is 6.30. The number of rotatable bonds is 6. The number of hydrogen-bond donors (Lipinski definition) is 2. The van der Waals surface area contributed by atoms with Gasteiger partial charge in [-0.05, 0) is 27.2 Å². The van der Waals surface area contributed by atoms with Crippen LogP contribution in [0.25, 0.3) is 0 Å². The van der Waals surface area contributed by atoms with Gasteiger partial charge in [-0.25, -0.2) is 8.42 Å². The van der Waals surface area contributed by atoms with Crippen molar-refractivity contribution in [2.75, 3.05) is 25.1 Å². The predicted octanol–water partition coefficient (Wildman–Crippen LogP) is 1.00. The molecule has 0 heterocycles. The molecule has 0 radical (unpaired) electrons. The minimum Gasteiger partial charge on any atom is -0.357 e. The van der Waals surface area contributed by atoms with Crippen LogP contribution in [0.3, 0.4) is 0 Å². The smallest absolute Gasteiger partial charge is 0.191 e. The van der Waals surface area contributed by atoms with Crippen molar-refractivity contribution >= 4 is 39.8 Å². The second kappa shape index (κ2) is 9.93. The third-order valence-corrected chi connectivity index (χ3v) is 2.74. The van der Waals surface area contributed by atoms with E-state index < -0.39 is 9.84 Å². The van der Waals surface area contributed by atoms with Crippen molar-refractivity contribution in [3.05, 3.63) is 0 Å². The Labute approximate surface area is 122 Å². The monoisotopic (exact) mass is 377 g/mol. The average Bonchev–Trinajstić information content (AvgIpc) is 2.10. The number of halogens is 1. The minimum absolute atomic E-state index is 0. The molecule has 0 atom stereocenters. The van der Waals surface area contributed by atoms with Crippen LogP contribution in [0.5, 0.6) is 0 Å². The Hall–Kier alpha value is -0.0500. The average molecular weight is 377 g/mol. The predicted molar refractivity (Wildman–Crippen MR) is 84.0 cm³/mol. The lowest BCUT2D eigenvalue weighted by Crippen LogP contribution is -2.41. The van der Waals surface area contributed by atoms with Gasteiger partial charge in [0.2, 0.25) is 0 Å². The number of hydrogen-bond acceptors (Lipinski definition) is 3. The molecule has 0 saturated carbocycles. The van der Waals surface area contributed by atoms with Crippen molar-refractivity contribution in [1.82, 2.24) is 10.6 Å². The van der Waals surface area contributed by atoms with Gasteiger partial charge in [0.15, 0.2) is 5.96 Å². The first-order valence-corrected chi connectivity index (χ1v) is 7.63. The van der Waals surface area contributed by atoms with E-state index in [1.165, 1.54) is 6.26 Å². The van der Waals surface area contributed by atoms with Crippen LogP contribution in [0.4, 0.5) is 0 Å². The summed E-state index contributed by atoms with van der Waals surface area (Å²) < 4.78 is 21.8. The van der Waals surface area contributed by atoms with Crippen LogP contribution in [-0.4, -0.2) is 45.5 Å². The standard InChI is InChI=1S/C10H23N3O2S.HI/c1-5-11-10(13-9(2)3)12-7-6-8-16(4,14)15;/h9H,5-8H2,1-4H3,(H2,11,12,13);1H. The molecule has 0 bridgehead atoms. The van der Waals surface area contributed by atoms with E-state index in [0.29, 0.717) is 19.0 Å². The van der Waals surface area contributed by atoms with Gasteiger partial charge in [0.25, 0.3) is 0 Å². The summed E-state index contributed by atoms with van der Waals surface area (Å²) in [5.41, 5.74) is 0. The van der Waals surface area contributed by atoms with E-state index in [0.717, 1.165) is 12.5 Å². The fraction of sp³-hybridized carbons (Fsp3) is 0.900. The molecule has 0 aromatic rings. The molecule has 0 unspecified atom stereocenters. The fourth-order valence-electron chi connectivity index (χ4n) is 1.11. The SMILES string of the molecule is CCNC(=NCCCS(C)(=O)=O)NC(C)C.I. The van der Waals surface area contributed by atoms with Crippen molar-refractivity contribution < 1.29 is 8.42 Å². The molecule has 104 valence electrons. The highest BCUT2D eigenvalue weighted by Gasteiger charge is 2.02. The molecule has 0 aliphatic heterocycles. The molecule has 0 spiro atoms. The van der Waals surface area contributed by atoms with Gasteiger partial charge in [0.1, 0.15) is 9.84 Å². The molecule has 2 N–H and O–H groups in total. The van der Waals surface area contributed by atoms with Gasteiger partial charge < -0.3 is 10.6 Å². The van der Waals surface area contributed by atoms with E-state index in [1.54, 1.807) is 0 Å². The molecule has 0 aliphatic rings. The highest BCUT2D eigenvalue weighted by Crippen LogP contribution is 1.90. The molecule has 0 aliphatic carbocycles. The molecule has 0 amide bonds. The maximum absolute atomic E-state index is 10.9. The van der Waals surface area contributed by atoms with Crippen molar-refractivity contribution in [3.8, 4) is 0 Å². The zero-order valence-electron chi connectivity index (χ0n) is 11.0. The highest BCUT2D eigenvalue weighted by atomic mass is 127. The lowest BCUT2D eigenvalue weighted by atomic mass is 10.4.